The number of nitrogens with zero attached hydrogens (tertiary/aromatic N) is 3. The fourth-order valence-electron chi connectivity index (χ4n) is 0.366. The summed E-state index contributed by atoms with van der Waals surface area (Å²) >= 11 is 0. The molecule has 5 nitrogen and oxygen atoms in total. The first-order valence-corrected chi connectivity index (χ1v) is 2.22. The van der Waals surface area contributed by atoms with Crippen molar-refractivity contribution in [1.29, 1.82) is 0 Å². The van der Waals surface area contributed by atoms with E-state index in [0.717, 1.165) is 0 Å². The Hall–Kier alpha value is -1.23. The summed E-state index contributed by atoms with van der Waals surface area (Å²) in [6, 6.07) is 0. The van der Waals surface area contributed by atoms with Crippen LogP contribution in [0.5, 0.6) is 0 Å². The van der Waals surface area contributed by atoms with Crippen LogP contribution in [0.2, 0.25) is 0 Å². The summed E-state index contributed by atoms with van der Waals surface area (Å²) in [5.74, 6) is -0.651. The van der Waals surface area contributed by atoms with E-state index in [0.29, 0.717) is 0 Å². The molecule has 54 valence electrons. The molecular weight excluding hydrogens is 156 g/mol. The second-order valence-corrected chi connectivity index (χ2v) is 1.33. The number of carbonyl (C=O) groups excluding carboxylic acids is 1. The van der Waals surface area contributed by atoms with Crippen LogP contribution < -0.4 is 5.73 Å². The summed E-state index contributed by atoms with van der Waals surface area (Å²) < 4.78 is 0. The fourth-order valence-corrected chi connectivity index (χ4v) is 0.366. The average molecular weight is 161 g/mol. The zero-order valence-electron chi connectivity index (χ0n) is 4.89. The zero-order chi connectivity index (χ0) is 6.69. The minimum absolute atomic E-state index is 0. The number of aromatic nitrogens is 3. The van der Waals surface area contributed by atoms with Crippen molar-refractivity contribution in [3.05, 3.63) is 18.5 Å². The number of hydrogen-bond acceptors (Lipinski definition) is 4. The molecule has 0 atom stereocenters. The van der Waals surface area contributed by atoms with Crippen molar-refractivity contribution in [2.24, 2.45) is 5.73 Å². The molecule has 1 aromatic rings. The lowest BCUT2D eigenvalue weighted by Gasteiger charge is -1.86. The molecule has 0 aliphatic carbocycles. The zero-order valence-corrected chi connectivity index (χ0v) is 5.71. The summed E-state index contributed by atoms with van der Waals surface area (Å²) in [5.41, 5.74) is 4.82. The maximum Gasteiger partial charge on any atom is 0.286 e. The highest BCUT2D eigenvalue weighted by Gasteiger charge is 1.98. The first-order valence-electron chi connectivity index (χ1n) is 2.22. The molecule has 1 rings (SSSR count). The maximum absolute atomic E-state index is 10.3. The van der Waals surface area contributed by atoms with Crippen molar-refractivity contribution in [2.75, 3.05) is 0 Å². The summed E-state index contributed by atoms with van der Waals surface area (Å²) in [7, 11) is 0. The van der Waals surface area contributed by atoms with E-state index in [1.165, 1.54) is 12.7 Å². The van der Waals surface area contributed by atoms with Gasteiger partial charge < -0.3 is 5.73 Å². The van der Waals surface area contributed by atoms with E-state index in [2.05, 4.69) is 15.0 Å². The topological polar surface area (TPSA) is 81.8 Å². The number of rotatable bonds is 1. The van der Waals surface area contributed by atoms with Gasteiger partial charge in [0.25, 0.3) is 5.91 Å². The van der Waals surface area contributed by atoms with Crippen LogP contribution in [-0.2, 0) is 0 Å². The van der Waals surface area contributed by atoms with Gasteiger partial charge in [0, 0.05) is 0 Å². The highest BCUT2D eigenvalue weighted by Crippen LogP contribution is 1.79. The van der Waals surface area contributed by atoms with Crippen molar-refractivity contribution < 1.29 is 4.79 Å². The monoisotopic (exact) mass is 160 g/mol. The Balaban J connectivity index is 0.000000810. The molecule has 1 aromatic heterocycles. The van der Waals surface area contributed by atoms with Gasteiger partial charge in [-0.3, -0.25) is 4.79 Å². The van der Waals surface area contributed by atoms with Crippen LogP contribution in [0.1, 0.15) is 10.6 Å². The van der Waals surface area contributed by atoms with E-state index in [1.807, 2.05) is 0 Å². The predicted molar refractivity (Wildman–Crippen MR) is 35.6 cm³/mol. The largest absolute Gasteiger partial charge is 0.363 e. The van der Waals surface area contributed by atoms with Crippen LogP contribution >= 0.6 is 12.4 Å². The summed E-state index contributed by atoms with van der Waals surface area (Å²) in [6.07, 6.45) is 2.43. The maximum atomic E-state index is 10.3. The standard InChI is InChI=1S/C4H4N4O.ClH/c5-3(9)4-7-1-6-2-8-4;/h1-2H,(H2,5,9);1H. The quantitative estimate of drug-likeness (QED) is 0.594. The van der Waals surface area contributed by atoms with Crippen molar-refractivity contribution in [3.63, 3.8) is 0 Å². The van der Waals surface area contributed by atoms with Gasteiger partial charge in [0.15, 0.2) is 0 Å². The molecule has 0 saturated carbocycles. The minimum Gasteiger partial charge on any atom is -0.363 e. The van der Waals surface area contributed by atoms with Crippen LogP contribution in [-0.4, -0.2) is 20.9 Å². The van der Waals surface area contributed by atoms with E-state index in [-0.39, 0.29) is 18.2 Å². The predicted octanol–water partition coefficient (Wildman–Crippen LogP) is -0.608. The lowest BCUT2D eigenvalue weighted by atomic mass is 10.6. The van der Waals surface area contributed by atoms with E-state index in [9.17, 15) is 4.79 Å². The number of primary amides is 1. The third-order valence-corrected chi connectivity index (χ3v) is 0.714. The van der Waals surface area contributed by atoms with Crippen molar-refractivity contribution in [1.82, 2.24) is 15.0 Å². The van der Waals surface area contributed by atoms with Crippen LogP contribution in [0.25, 0.3) is 0 Å². The first-order chi connectivity index (χ1) is 4.30. The Kier molecular flexibility index (Phi) is 3.27. The van der Waals surface area contributed by atoms with Gasteiger partial charge in [-0.1, -0.05) is 0 Å². The lowest BCUT2D eigenvalue weighted by Crippen LogP contribution is -2.14. The second kappa shape index (κ2) is 3.73. The smallest absolute Gasteiger partial charge is 0.286 e. The van der Waals surface area contributed by atoms with Gasteiger partial charge in [0.05, 0.1) is 0 Å². The molecule has 0 fully saturated rings. The molecule has 1 heterocycles. The van der Waals surface area contributed by atoms with Gasteiger partial charge in [0.2, 0.25) is 5.82 Å². The number of hydrogen-bond donors (Lipinski definition) is 1. The number of nitrogens with two attached hydrogens (primary N) is 1. The molecule has 0 aliphatic heterocycles. The third kappa shape index (κ3) is 1.94. The number of halogens is 1. The molecule has 0 spiro atoms. The van der Waals surface area contributed by atoms with Gasteiger partial charge in [-0.2, -0.15) is 0 Å². The Morgan fingerprint density at radius 2 is 1.90 bits per heavy atom. The molecular formula is C4H5ClN4O. The van der Waals surface area contributed by atoms with E-state index >= 15 is 0 Å². The average Bonchev–Trinajstić information content (AvgIpc) is 1.90. The van der Waals surface area contributed by atoms with Crippen LogP contribution in [0.3, 0.4) is 0 Å². The Morgan fingerprint density at radius 1 is 1.40 bits per heavy atom. The Morgan fingerprint density at radius 3 is 2.20 bits per heavy atom. The molecule has 6 heteroatoms. The Labute approximate surface area is 63.1 Å². The van der Waals surface area contributed by atoms with E-state index in [4.69, 9.17) is 5.73 Å². The SMILES string of the molecule is Cl.NC(=O)c1ncncn1. The van der Waals surface area contributed by atoms with Crippen LogP contribution in [0.4, 0.5) is 0 Å². The van der Waals surface area contributed by atoms with Gasteiger partial charge >= 0.3 is 0 Å². The van der Waals surface area contributed by atoms with Crippen LogP contribution in [0.15, 0.2) is 12.7 Å². The first kappa shape index (κ1) is 8.77. The fraction of sp³-hybridized carbons (Fsp3) is 0. The van der Waals surface area contributed by atoms with Gasteiger partial charge in [0.1, 0.15) is 12.7 Å². The lowest BCUT2D eigenvalue weighted by molar-refractivity contribution is 0.0990. The van der Waals surface area contributed by atoms with Crippen molar-refractivity contribution in [3.8, 4) is 0 Å². The highest BCUT2D eigenvalue weighted by atomic mass is 35.5. The highest BCUT2D eigenvalue weighted by molar-refractivity contribution is 5.88. The van der Waals surface area contributed by atoms with Crippen LogP contribution in [0, 0.1) is 0 Å². The molecule has 0 unspecified atom stereocenters. The summed E-state index contributed by atoms with van der Waals surface area (Å²) in [4.78, 5) is 20.7. The number of amides is 1. The number of carbonyl (C=O) groups is 1. The minimum atomic E-state index is -0.641. The van der Waals surface area contributed by atoms with Gasteiger partial charge in [-0.15, -0.1) is 12.4 Å². The third-order valence-electron chi connectivity index (χ3n) is 0.714. The van der Waals surface area contributed by atoms with Gasteiger partial charge in [-0.25, -0.2) is 15.0 Å². The van der Waals surface area contributed by atoms with E-state index in [1.54, 1.807) is 0 Å². The molecule has 0 aliphatic rings. The van der Waals surface area contributed by atoms with E-state index < -0.39 is 5.91 Å². The summed E-state index contributed by atoms with van der Waals surface area (Å²) in [5, 5.41) is 0. The molecule has 1 amide bonds. The normalized spacial score (nSPS) is 8.00. The second-order valence-electron chi connectivity index (χ2n) is 1.33. The molecule has 0 saturated heterocycles. The Bertz CT molecular complexity index is 214. The molecule has 0 radical (unpaired) electrons. The molecule has 0 aromatic carbocycles. The molecule has 10 heavy (non-hydrogen) atoms. The summed E-state index contributed by atoms with van der Waals surface area (Å²) in [6.45, 7) is 0. The molecule has 2 N–H and O–H groups in total. The van der Waals surface area contributed by atoms with Crippen molar-refractivity contribution in [2.45, 2.75) is 0 Å². The molecule has 0 bridgehead atoms. The van der Waals surface area contributed by atoms with Gasteiger partial charge in [-0.05, 0) is 0 Å². The van der Waals surface area contributed by atoms with Crippen molar-refractivity contribution >= 4 is 18.3 Å².